The number of carboxylic acid groups (broad SMARTS) is 2. The lowest BCUT2D eigenvalue weighted by molar-refractivity contribution is -0.155. The zero-order valence-corrected chi connectivity index (χ0v) is 17.0. The number of rotatable bonds is 11. The van der Waals surface area contributed by atoms with Crippen LogP contribution < -0.4 is 0 Å². The van der Waals surface area contributed by atoms with Crippen LogP contribution in [-0.4, -0.2) is 52.2 Å². The molecule has 0 saturated carbocycles. The van der Waals surface area contributed by atoms with Crippen LogP contribution in [0.4, 0.5) is 0 Å². The van der Waals surface area contributed by atoms with Crippen molar-refractivity contribution in [3.63, 3.8) is 0 Å². The molecule has 158 valence electrons. The standard InChI is InChI=1S/C21H26O8/c1-6-21(5,29-20(27)12(2)3)9-10-28-13(4)17(22)14-7-8-15(18(23)24)16(11-14)19(25)26/h7-8,11,13H,2,6,9-10H2,1,3-5H3,(H,23,24)(H,25,26). The Labute approximate surface area is 169 Å². The lowest BCUT2D eigenvalue weighted by Crippen LogP contribution is -2.34. The Bertz CT molecular complexity index is 826. The third kappa shape index (κ3) is 6.53. The SMILES string of the molecule is C=C(C)C(=O)OC(C)(CC)CCOC(C)C(=O)c1ccc(C(=O)O)c(C(=O)O)c1. The number of Topliss-reactive ketones (excluding diaryl/α,β-unsaturated/α-hetero) is 1. The fourth-order valence-electron chi connectivity index (χ4n) is 2.43. The van der Waals surface area contributed by atoms with Crippen LogP contribution in [0.2, 0.25) is 0 Å². The second kappa shape index (κ2) is 9.97. The Morgan fingerprint density at radius 3 is 2.21 bits per heavy atom. The van der Waals surface area contributed by atoms with Gasteiger partial charge in [-0.2, -0.15) is 0 Å². The normalized spacial score (nSPS) is 13.8. The van der Waals surface area contributed by atoms with Crippen molar-refractivity contribution < 1.29 is 38.9 Å². The first-order valence-electron chi connectivity index (χ1n) is 9.07. The first-order chi connectivity index (χ1) is 13.4. The molecule has 2 unspecified atom stereocenters. The van der Waals surface area contributed by atoms with Crippen molar-refractivity contribution in [3.05, 3.63) is 47.0 Å². The first kappa shape index (κ1) is 24.0. The summed E-state index contributed by atoms with van der Waals surface area (Å²) in [5.74, 6) is -3.82. The van der Waals surface area contributed by atoms with Crippen LogP contribution in [0.25, 0.3) is 0 Å². The minimum atomic E-state index is -1.44. The molecule has 29 heavy (non-hydrogen) atoms. The molecule has 0 bridgehead atoms. The molecular weight excluding hydrogens is 380 g/mol. The van der Waals surface area contributed by atoms with Gasteiger partial charge in [-0.15, -0.1) is 0 Å². The molecule has 0 spiro atoms. The predicted molar refractivity (Wildman–Crippen MR) is 104 cm³/mol. The zero-order valence-electron chi connectivity index (χ0n) is 17.0. The van der Waals surface area contributed by atoms with Crippen LogP contribution in [0.15, 0.2) is 30.4 Å². The van der Waals surface area contributed by atoms with E-state index in [0.29, 0.717) is 12.8 Å². The minimum absolute atomic E-state index is 0.0341. The van der Waals surface area contributed by atoms with E-state index < -0.39 is 46.5 Å². The highest BCUT2D eigenvalue weighted by molar-refractivity contribution is 6.06. The lowest BCUT2D eigenvalue weighted by Gasteiger charge is -2.29. The summed E-state index contributed by atoms with van der Waals surface area (Å²) in [6.07, 6.45) is -0.0142. The maximum absolute atomic E-state index is 12.5. The van der Waals surface area contributed by atoms with Gasteiger partial charge in [0.1, 0.15) is 11.7 Å². The van der Waals surface area contributed by atoms with Gasteiger partial charge in [0.2, 0.25) is 0 Å². The largest absolute Gasteiger partial charge is 0.478 e. The topological polar surface area (TPSA) is 127 Å². The van der Waals surface area contributed by atoms with E-state index in [2.05, 4.69) is 6.58 Å². The van der Waals surface area contributed by atoms with Crippen molar-refractivity contribution in [1.82, 2.24) is 0 Å². The highest BCUT2D eigenvalue weighted by Gasteiger charge is 2.28. The number of carbonyl (C=O) groups is 4. The van der Waals surface area contributed by atoms with E-state index in [1.54, 1.807) is 13.8 Å². The molecule has 0 aliphatic carbocycles. The van der Waals surface area contributed by atoms with Crippen LogP contribution in [-0.2, 0) is 14.3 Å². The van der Waals surface area contributed by atoms with Crippen molar-refractivity contribution in [2.24, 2.45) is 0 Å². The van der Waals surface area contributed by atoms with Gasteiger partial charge in [0.05, 0.1) is 17.7 Å². The van der Waals surface area contributed by atoms with Crippen LogP contribution in [0, 0.1) is 0 Å². The first-order valence-corrected chi connectivity index (χ1v) is 9.07. The number of hydrogen-bond acceptors (Lipinski definition) is 6. The van der Waals surface area contributed by atoms with Crippen molar-refractivity contribution in [2.75, 3.05) is 6.61 Å². The quantitative estimate of drug-likeness (QED) is 0.325. The van der Waals surface area contributed by atoms with Gasteiger partial charge in [-0.1, -0.05) is 19.6 Å². The molecule has 0 aromatic heterocycles. The maximum atomic E-state index is 12.5. The van der Waals surface area contributed by atoms with Gasteiger partial charge in [0, 0.05) is 17.6 Å². The van der Waals surface area contributed by atoms with E-state index in [-0.39, 0.29) is 17.7 Å². The molecule has 8 heteroatoms. The molecule has 0 heterocycles. The van der Waals surface area contributed by atoms with E-state index in [4.69, 9.17) is 14.6 Å². The van der Waals surface area contributed by atoms with E-state index in [1.165, 1.54) is 13.0 Å². The summed E-state index contributed by atoms with van der Waals surface area (Å²) in [6.45, 7) is 10.4. The van der Waals surface area contributed by atoms with E-state index in [9.17, 15) is 24.3 Å². The second-order valence-corrected chi connectivity index (χ2v) is 6.97. The molecule has 1 aromatic rings. The molecule has 0 aliphatic heterocycles. The average Bonchev–Trinajstić information content (AvgIpc) is 2.66. The zero-order chi connectivity index (χ0) is 22.4. The van der Waals surface area contributed by atoms with Crippen molar-refractivity contribution >= 4 is 23.7 Å². The number of aromatic carboxylic acids is 2. The molecule has 2 N–H and O–H groups in total. The van der Waals surface area contributed by atoms with Gasteiger partial charge in [-0.05, 0) is 39.3 Å². The van der Waals surface area contributed by atoms with Crippen molar-refractivity contribution in [1.29, 1.82) is 0 Å². The molecule has 1 aromatic carbocycles. The summed E-state index contributed by atoms with van der Waals surface area (Å²) in [5, 5.41) is 18.2. The number of carboxylic acids is 2. The predicted octanol–water partition coefficient (Wildman–Crippen LogP) is 3.35. The van der Waals surface area contributed by atoms with Gasteiger partial charge in [0.25, 0.3) is 0 Å². The summed E-state index contributed by atoms with van der Waals surface area (Å²) in [4.78, 5) is 46.7. The van der Waals surface area contributed by atoms with E-state index in [0.717, 1.165) is 12.1 Å². The Morgan fingerprint density at radius 1 is 1.14 bits per heavy atom. The monoisotopic (exact) mass is 406 g/mol. The van der Waals surface area contributed by atoms with Gasteiger partial charge in [-0.25, -0.2) is 14.4 Å². The minimum Gasteiger partial charge on any atom is -0.478 e. The fraction of sp³-hybridized carbons (Fsp3) is 0.429. The summed E-state index contributed by atoms with van der Waals surface area (Å²) < 4.78 is 11.0. The molecule has 0 amide bonds. The highest BCUT2D eigenvalue weighted by Crippen LogP contribution is 2.22. The molecule has 0 saturated heterocycles. The van der Waals surface area contributed by atoms with Crippen molar-refractivity contribution in [3.8, 4) is 0 Å². The van der Waals surface area contributed by atoms with Gasteiger partial charge < -0.3 is 19.7 Å². The number of benzene rings is 1. The van der Waals surface area contributed by atoms with Crippen LogP contribution in [0.3, 0.4) is 0 Å². The summed E-state index contributed by atoms with van der Waals surface area (Å²) in [5.41, 5.74) is -1.33. The van der Waals surface area contributed by atoms with Gasteiger partial charge in [-0.3, -0.25) is 4.79 Å². The van der Waals surface area contributed by atoms with Gasteiger partial charge >= 0.3 is 17.9 Å². The Hall–Kier alpha value is -3.00. The fourth-order valence-corrected chi connectivity index (χ4v) is 2.43. The van der Waals surface area contributed by atoms with Crippen molar-refractivity contribution in [2.45, 2.75) is 52.2 Å². The van der Waals surface area contributed by atoms with Crippen LogP contribution >= 0.6 is 0 Å². The number of hydrogen-bond donors (Lipinski definition) is 2. The Balaban J connectivity index is 2.81. The Morgan fingerprint density at radius 2 is 1.72 bits per heavy atom. The molecule has 1 rings (SSSR count). The average molecular weight is 406 g/mol. The molecule has 0 fully saturated rings. The Kier molecular flexibility index (Phi) is 8.27. The third-order valence-corrected chi connectivity index (χ3v) is 4.57. The second-order valence-electron chi connectivity index (χ2n) is 6.97. The summed E-state index contributed by atoms with van der Waals surface area (Å²) in [6, 6.07) is 3.36. The lowest BCUT2D eigenvalue weighted by atomic mass is 9.98. The van der Waals surface area contributed by atoms with E-state index in [1.807, 2.05) is 6.92 Å². The molecule has 0 aliphatic rings. The smallest absolute Gasteiger partial charge is 0.336 e. The highest BCUT2D eigenvalue weighted by atomic mass is 16.6. The molecule has 0 radical (unpaired) electrons. The third-order valence-electron chi connectivity index (χ3n) is 4.57. The number of esters is 1. The van der Waals surface area contributed by atoms with Crippen LogP contribution in [0.5, 0.6) is 0 Å². The van der Waals surface area contributed by atoms with Gasteiger partial charge in [0.15, 0.2) is 5.78 Å². The maximum Gasteiger partial charge on any atom is 0.336 e. The molecule has 2 atom stereocenters. The molecular formula is C21H26O8. The van der Waals surface area contributed by atoms with E-state index >= 15 is 0 Å². The number of ketones is 1. The van der Waals surface area contributed by atoms with Crippen LogP contribution in [0.1, 0.15) is 71.6 Å². The number of ether oxygens (including phenoxy) is 2. The summed E-state index contributed by atoms with van der Waals surface area (Å²) in [7, 11) is 0. The number of carbonyl (C=O) groups excluding carboxylic acids is 2. The molecule has 8 nitrogen and oxygen atoms in total. The summed E-state index contributed by atoms with van der Waals surface area (Å²) >= 11 is 0.